The number of nitrogens with zero attached hydrogens (tertiary/aromatic N) is 1. The molecular formula is C16H13NO2. The van der Waals surface area contributed by atoms with Crippen LogP contribution in [0.1, 0.15) is 15.9 Å². The molecule has 1 aromatic heterocycles. The summed E-state index contributed by atoms with van der Waals surface area (Å²) >= 11 is 0. The molecule has 3 rings (SSSR count). The lowest BCUT2D eigenvalue weighted by atomic mass is 10.1. The van der Waals surface area contributed by atoms with Crippen LogP contribution >= 0.6 is 0 Å². The minimum atomic E-state index is -0.891. The number of aromatic carboxylic acids is 1. The van der Waals surface area contributed by atoms with Crippen LogP contribution in [0, 0.1) is 0 Å². The van der Waals surface area contributed by atoms with E-state index in [1.54, 1.807) is 12.1 Å². The lowest BCUT2D eigenvalue weighted by Gasteiger charge is -2.06. The van der Waals surface area contributed by atoms with Crippen molar-refractivity contribution in [2.45, 2.75) is 6.54 Å². The number of fused-ring (bicyclic) bond motifs is 1. The smallest absolute Gasteiger partial charge is 0.335 e. The van der Waals surface area contributed by atoms with Gasteiger partial charge in [-0.15, -0.1) is 0 Å². The maximum absolute atomic E-state index is 10.8. The lowest BCUT2D eigenvalue weighted by molar-refractivity contribution is 0.0697. The van der Waals surface area contributed by atoms with Gasteiger partial charge in [-0.1, -0.05) is 30.3 Å². The summed E-state index contributed by atoms with van der Waals surface area (Å²) in [5.74, 6) is -0.891. The van der Waals surface area contributed by atoms with Gasteiger partial charge in [0.25, 0.3) is 0 Å². The van der Waals surface area contributed by atoms with E-state index in [0.29, 0.717) is 5.56 Å². The molecule has 0 bridgehead atoms. The predicted molar refractivity (Wildman–Crippen MR) is 74.4 cm³/mol. The maximum atomic E-state index is 10.8. The molecule has 0 spiro atoms. The third-order valence-corrected chi connectivity index (χ3v) is 3.23. The first-order valence-corrected chi connectivity index (χ1v) is 6.10. The third-order valence-electron chi connectivity index (χ3n) is 3.23. The Kier molecular flexibility index (Phi) is 2.80. The minimum Gasteiger partial charge on any atom is -0.478 e. The number of carboxylic acids is 1. The molecule has 0 aliphatic rings. The molecule has 0 aliphatic carbocycles. The van der Waals surface area contributed by atoms with Crippen molar-refractivity contribution in [3.63, 3.8) is 0 Å². The normalized spacial score (nSPS) is 10.7. The molecule has 19 heavy (non-hydrogen) atoms. The molecule has 0 saturated carbocycles. The van der Waals surface area contributed by atoms with Crippen molar-refractivity contribution in [3.8, 4) is 0 Å². The zero-order chi connectivity index (χ0) is 13.2. The maximum Gasteiger partial charge on any atom is 0.335 e. The van der Waals surface area contributed by atoms with E-state index in [9.17, 15) is 4.79 Å². The molecule has 0 unspecified atom stereocenters. The second kappa shape index (κ2) is 4.61. The van der Waals surface area contributed by atoms with Crippen molar-refractivity contribution in [2.75, 3.05) is 0 Å². The van der Waals surface area contributed by atoms with Crippen molar-refractivity contribution in [1.82, 2.24) is 4.57 Å². The van der Waals surface area contributed by atoms with Crippen LogP contribution in [-0.4, -0.2) is 15.6 Å². The van der Waals surface area contributed by atoms with Gasteiger partial charge in [-0.25, -0.2) is 4.79 Å². The average molecular weight is 251 g/mol. The number of carbonyl (C=O) groups is 1. The first-order chi connectivity index (χ1) is 9.24. The van der Waals surface area contributed by atoms with Crippen molar-refractivity contribution in [3.05, 3.63) is 71.9 Å². The molecule has 3 aromatic rings. The third kappa shape index (κ3) is 2.22. The van der Waals surface area contributed by atoms with Gasteiger partial charge in [0, 0.05) is 18.3 Å². The molecule has 3 nitrogen and oxygen atoms in total. The van der Waals surface area contributed by atoms with E-state index in [0.717, 1.165) is 12.1 Å². The second-order valence-corrected chi connectivity index (χ2v) is 4.50. The SMILES string of the molecule is O=C(O)c1ccc(Cn2ccc3ccccc32)cc1. The summed E-state index contributed by atoms with van der Waals surface area (Å²) in [6.45, 7) is 0.743. The van der Waals surface area contributed by atoms with E-state index in [-0.39, 0.29) is 0 Å². The van der Waals surface area contributed by atoms with Gasteiger partial charge in [0.15, 0.2) is 0 Å². The van der Waals surface area contributed by atoms with Gasteiger partial charge in [0.05, 0.1) is 5.56 Å². The molecule has 0 saturated heterocycles. The Bertz CT molecular complexity index is 726. The highest BCUT2D eigenvalue weighted by Gasteiger charge is 2.03. The van der Waals surface area contributed by atoms with Gasteiger partial charge < -0.3 is 9.67 Å². The van der Waals surface area contributed by atoms with E-state index >= 15 is 0 Å². The summed E-state index contributed by atoms with van der Waals surface area (Å²) in [6, 6.07) is 17.3. The Morgan fingerprint density at radius 3 is 2.47 bits per heavy atom. The second-order valence-electron chi connectivity index (χ2n) is 4.50. The first-order valence-electron chi connectivity index (χ1n) is 6.10. The quantitative estimate of drug-likeness (QED) is 0.775. The summed E-state index contributed by atoms with van der Waals surface area (Å²) in [6.07, 6.45) is 2.05. The highest BCUT2D eigenvalue weighted by atomic mass is 16.4. The number of benzene rings is 2. The molecule has 1 N–H and O–H groups in total. The average Bonchev–Trinajstić information content (AvgIpc) is 2.83. The molecule has 94 valence electrons. The number of aromatic nitrogens is 1. The van der Waals surface area contributed by atoms with Crippen molar-refractivity contribution < 1.29 is 9.90 Å². The van der Waals surface area contributed by atoms with Gasteiger partial charge in [0.2, 0.25) is 0 Å². The monoisotopic (exact) mass is 251 g/mol. The zero-order valence-electron chi connectivity index (χ0n) is 10.3. The summed E-state index contributed by atoms with van der Waals surface area (Å²) in [5, 5.41) is 10.1. The largest absolute Gasteiger partial charge is 0.478 e. The minimum absolute atomic E-state index is 0.320. The number of rotatable bonds is 3. The van der Waals surface area contributed by atoms with E-state index in [1.165, 1.54) is 10.9 Å². The molecule has 0 fully saturated rings. The van der Waals surface area contributed by atoms with Gasteiger partial charge in [-0.3, -0.25) is 0 Å². The van der Waals surface area contributed by atoms with E-state index < -0.39 is 5.97 Å². The summed E-state index contributed by atoms with van der Waals surface area (Å²) < 4.78 is 2.16. The summed E-state index contributed by atoms with van der Waals surface area (Å²) in [5.41, 5.74) is 2.59. The van der Waals surface area contributed by atoms with Crippen LogP contribution in [0.15, 0.2) is 60.8 Å². The molecule has 2 aromatic carbocycles. The van der Waals surface area contributed by atoms with E-state index in [1.807, 2.05) is 24.3 Å². The molecule has 0 atom stereocenters. The molecule has 0 radical (unpaired) electrons. The molecule has 0 aliphatic heterocycles. The molecular weight excluding hydrogens is 238 g/mol. The van der Waals surface area contributed by atoms with Crippen LogP contribution in [0.25, 0.3) is 10.9 Å². The van der Waals surface area contributed by atoms with Crippen LogP contribution in [0.5, 0.6) is 0 Å². The lowest BCUT2D eigenvalue weighted by Crippen LogP contribution is -2.00. The van der Waals surface area contributed by atoms with Gasteiger partial charge in [-0.05, 0) is 35.2 Å². The number of hydrogen-bond acceptors (Lipinski definition) is 1. The molecule has 1 heterocycles. The highest BCUT2D eigenvalue weighted by Crippen LogP contribution is 2.17. The highest BCUT2D eigenvalue weighted by molar-refractivity contribution is 5.87. The fourth-order valence-corrected chi connectivity index (χ4v) is 2.23. The molecule has 0 amide bonds. The summed E-state index contributed by atoms with van der Waals surface area (Å²) in [7, 11) is 0. The van der Waals surface area contributed by atoms with Crippen LogP contribution in [0.4, 0.5) is 0 Å². The molecule has 3 heteroatoms. The predicted octanol–water partition coefficient (Wildman–Crippen LogP) is 3.39. The van der Waals surface area contributed by atoms with Crippen LogP contribution in [0.3, 0.4) is 0 Å². The van der Waals surface area contributed by atoms with Crippen LogP contribution < -0.4 is 0 Å². The summed E-state index contributed by atoms with van der Waals surface area (Å²) in [4.78, 5) is 10.8. The van der Waals surface area contributed by atoms with Crippen LogP contribution in [0.2, 0.25) is 0 Å². The fourth-order valence-electron chi connectivity index (χ4n) is 2.23. The Balaban J connectivity index is 1.90. The van der Waals surface area contributed by atoms with Gasteiger partial charge in [-0.2, -0.15) is 0 Å². The number of carboxylic acid groups (broad SMARTS) is 1. The van der Waals surface area contributed by atoms with Crippen molar-refractivity contribution in [2.24, 2.45) is 0 Å². The van der Waals surface area contributed by atoms with Crippen LogP contribution in [-0.2, 0) is 6.54 Å². The van der Waals surface area contributed by atoms with E-state index in [2.05, 4.69) is 29.0 Å². The zero-order valence-corrected chi connectivity index (χ0v) is 10.3. The first kappa shape index (κ1) is 11.5. The standard InChI is InChI=1S/C16H13NO2/c18-16(19)14-7-5-12(6-8-14)11-17-10-9-13-3-1-2-4-15(13)17/h1-10H,11H2,(H,18,19). The van der Waals surface area contributed by atoms with Gasteiger partial charge in [0.1, 0.15) is 0 Å². The number of para-hydroxylation sites is 1. The fraction of sp³-hybridized carbons (Fsp3) is 0.0625. The topological polar surface area (TPSA) is 42.2 Å². The Labute approximate surface area is 110 Å². The number of hydrogen-bond donors (Lipinski definition) is 1. The van der Waals surface area contributed by atoms with Gasteiger partial charge >= 0.3 is 5.97 Å². The van der Waals surface area contributed by atoms with Crippen molar-refractivity contribution >= 4 is 16.9 Å². The van der Waals surface area contributed by atoms with E-state index in [4.69, 9.17) is 5.11 Å². The Morgan fingerprint density at radius 2 is 1.74 bits per heavy atom. The van der Waals surface area contributed by atoms with Crippen molar-refractivity contribution in [1.29, 1.82) is 0 Å². The Hall–Kier alpha value is -2.55. The Morgan fingerprint density at radius 1 is 1.00 bits per heavy atom.